The van der Waals surface area contributed by atoms with Gasteiger partial charge in [-0.3, -0.25) is 0 Å². The topological polar surface area (TPSA) is 41.8 Å². The van der Waals surface area contributed by atoms with E-state index in [1.807, 2.05) is 18.3 Å². The number of hydrogen-bond acceptors (Lipinski definition) is 1. The van der Waals surface area contributed by atoms with Crippen molar-refractivity contribution in [1.82, 2.24) is 4.98 Å². The first kappa shape index (κ1) is 13.8. The Morgan fingerprint density at radius 2 is 2.00 bits per heavy atom. The van der Waals surface area contributed by atoms with Crippen LogP contribution in [0.2, 0.25) is 0 Å². The lowest BCUT2D eigenvalue weighted by Crippen LogP contribution is -1.93. The Hall–Kier alpha value is -0.220. The summed E-state index contributed by atoms with van der Waals surface area (Å²) in [6.45, 7) is 0.580. The number of benzene rings is 1. The highest BCUT2D eigenvalue weighted by Crippen LogP contribution is 2.21. The van der Waals surface area contributed by atoms with Crippen molar-refractivity contribution in [2.24, 2.45) is 5.73 Å². The monoisotopic (exact) mass is 296 g/mol. The molecule has 2 rings (SSSR count). The lowest BCUT2D eigenvalue weighted by atomic mass is 10.2. The molecule has 0 saturated carbocycles. The van der Waals surface area contributed by atoms with Gasteiger partial charge in [0, 0.05) is 28.1 Å². The van der Waals surface area contributed by atoms with Crippen LogP contribution < -0.4 is 5.73 Å². The van der Waals surface area contributed by atoms with Gasteiger partial charge >= 0.3 is 0 Å². The highest BCUT2D eigenvalue weighted by atomic mass is 79.9. The van der Waals surface area contributed by atoms with Crippen LogP contribution in [0.15, 0.2) is 28.9 Å². The summed E-state index contributed by atoms with van der Waals surface area (Å²) >= 11 is 3.43. The van der Waals surface area contributed by atoms with Gasteiger partial charge in [0.25, 0.3) is 0 Å². The fourth-order valence-corrected chi connectivity index (χ4v) is 1.68. The van der Waals surface area contributed by atoms with Crippen LogP contribution in [0.25, 0.3) is 10.9 Å². The van der Waals surface area contributed by atoms with Crippen molar-refractivity contribution in [3.05, 3.63) is 34.4 Å². The summed E-state index contributed by atoms with van der Waals surface area (Å²) in [6, 6.07) is 6.13. The molecule has 5 heteroatoms. The molecule has 0 radical (unpaired) electrons. The number of nitrogens with two attached hydrogens (primary N) is 1. The maximum atomic E-state index is 5.58. The summed E-state index contributed by atoms with van der Waals surface area (Å²) in [6.07, 6.45) is 1.96. The molecule has 1 aromatic carbocycles. The number of aromatic amines is 1. The Labute approximate surface area is 103 Å². The van der Waals surface area contributed by atoms with E-state index in [4.69, 9.17) is 5.73 Å². The van der Waals surface area contributed by atoms with Gasteiger partial charge in [-0.1, -0.05) is 15.9 Å². The molecule has 1 aromatic heterocycles. The van der Waals surface area contributed by atoms with Gasteiger partial charge in [-0.25, -0.2) is 0 Å². The van der Waals surface area contributed by atoms with Crippen molar-refractivity contribution in [1.29, 1.82) is 0 Å². The standard InChI is InChI=1S/C9H9BrN2.2ClH/c10-7-1-2-9-8(3-7)6(4-11)5-12-9;;/h1-3,5,12H,4,11H2;2*1H. The second-order valence-corrected chi connectivity index (χ2v) is 3.62. The van der Waals surface area contributed by atoms with Gasteiger partial charge in [0.2, 0.25) is 0 Å². The normalized spacial score (nSPS) is 9.29. The predicted molar refractivity (Wildman–Crippen MR) is 68.4 cm³/mol. The summed E-state index contributed by atoms with van der Waals surface area (Å²) < 4.78 is 1.09. The van der Waals surface area contributed by atoms with Gasteiger partial charge in [0.05, 0.1) is 0 Å². The number of H-pyrrole nitrogens is 1. The average Bonchev–Trinajstić information content (AvgIpc) is 2.46. The Morgan fingerprint density at radius 1 is 1.29 bits per heavy atom. The van der Waals surface area contributed by atoms with E-state index in [1.165, 1.54) is 5.39 Å². The smallest absolute Gasteiger partial charge is 0.0458 e. The zero-order chi connectivity index (χ0) is 8.55. The molecule has 0 aliphatic heterocycles. The van der Waals surface area contributed by atoms with Crippen molar-refractivity contribution < 1.29 is 0 Å². The van der Waals surface area contributed by atoms with Gasteiger partial charge in [-0.15, -0.1) is 24.8 Å². The molecule has 2 aromatic rings. The Kier molecular flexibility index (Phi) is 5.52. The minimum absolute atomic E-state index is 0. The van der Waals surface area contributed by atoms with Crippen LogP contribution in [-0.2, 0) is 6.54 Å². The maximum Gasteiger partial charge on any atom is 0.0458 e. The first-order valence-electron chi connectivity index (χ1n) is 3.77. The number of fused-ring (bicyclic) bond motifs is 1. The molecule has 0 saturated heterocycles. The van der Waals surface area contributed by atoms with Crippen molar-refractivity contribution >= 4 is 51.6 Å². The van der Waals surface area contributed by atoms with E-state index in [9.17, 15) is 0 Å². The van der Waals surface area contributed by atoms with Crippen molar-refractivity contribution in [3.63, 3.8) is 0 Å². The zero-order valence-electron chi connectivity index (χ0n) is 7.29. The van der Waals surface area contributed by atoms with Gasteiger partial charge in [0.15, 0.2) is 0 Å². The lowest BCUT2D eigenvalue weighted by molar-refractivity contribution is 1.08. The molecular weight excluding hydrogens is 287 g/mol. The van der Waals surface area contributed by atoms with Crippen LogP contribution in [0.3, 0.4) is 0 Å². The molecule has 2 nitrogen and oxygen atoms in total. The molecule has 0 aliphatic carbocycles. The van der Waals surface area contributed by atoms with Gasteiger partial charge in [-0.2, -0.15) is 0 Å². The first-order chi connectivity index (χ1) is 5.81. The molecule has 14 heavy (non-hydrogen) atoms. The third-order valence-corrected chi connectivity index (χ3v) is 2.44. The van der Waals surface area contributed by atoms with Crippen LogP contribution in [-0.4, -0.2) is 4.98 Å². The molecule has 0 amide bonds. The highest BCUT2D eigenvalue weighted by Gasteiger charge is 2.00. The predicted octanol–water partition coefficient (Wildman–Crippen LogP) is 3.23. The van der Waals surface area contributed by atoms with Crippen LogP contribution in [0.4, 0.5) is 0 Å². The van der Waals surface area contributed by atoms with E-state index in [2.05, 4.69) is 27.0 Å². The summed E-state index contributed by atoms with van der Waals surface area (Å²) in [5.41, 5.74) is 7.87. The second-order valence-electron chi connectivity index (χ2n) is 2.71. The first-order valence-corrected chi connectivity index (χ1v) is 4.56. The molecule has 0 aliphatic rings. The third-order valence-electron chi connectivity index (χ3n) is 1.95. The van der Waals surface area contributed by atoms with Crippen molar-refractivity contribution in [2.75, 3.05) is 0 Å². The molecule has 0 bridgehead atoms. The number of rotatable bonds is 1. The van der Waals surface area contributed by atoms with Crippen LogP contribution in [0.5, 0.6) is 0 Å². The largest absolute Gasteiger partial charge is 0.361 e. The third kappa shape index (κ3) is 2.42. The van der Waals surface area contributed by atoms with Crippen LogP contribution in [0.1, 0.15) is 5.56 Å². The Balaban J connectivity index is 0.000000845. The summed E-state index contributed by atoms with van der Waals surface area (Å²) in [5, 5.41) is 1.20. The zero-order valence-corrected chi connectivity index (χ0v) is 10.5. The van der Waals surface area contributed by atoms with E-state index in [0.717, 1.165) is 15.6 Å². The Bertz CT molecular complexity index is 414. The Morgan fingerprint density at radius 3 is 2.64 bits per heavy atom. The minimum atomic E-state index is 0. The van der Waals surface area contributed by atoms with E-state index in [-0.39, 0.29) is 24.8 Å². The number of nitrogens with one attached hydrogen (secondary N) is 1. The summed E-state index contributed by atoms with van der Waals surface area (Å²) in [4.78, 5) is 3.17. The fourth-order valence-electron chi connectivity index (χ4n) is 1.32. The second kappa shape index (κ2) is 5.61. The van der Waals surface area contributed by atoms with E-state index in [0.29, 0.717) is 6.54 Å². The van der Waals surface area contributed by atoms with Gasteiger partial charge in [0.1, 0.15) is 0 Å². The van der Waals surface area contributed by atoms with Crippen LogP contribution in [0, 0.1) is 0 Å². The summed E-state index contributed by atoms with van der Waals surface area (Å²) in [5.74, 6) is 0. The highest BCUT2D eigenvalue weighted by molar-refractivity contribution is 9.10. The van der Waals surface area contributed by atoms with Gasteiger partial charge in [-0.05, 0) is 23.8 Å². The number of hydrogen-bond donors (Lipinski definition) is 2. The average molecular weight is 298 g/mol. The van der Waals surface area contributed by atoms with Crippen molar-refractivity contribution in [2.45, 2.75) is 6.54 Å². The number of halogens is 3. The van der Waals surface area contributed by atoms with E-state index < -0.39 is 0 Å². The molecule has 0 atom stereocenters. The molecular formula is C9H11BrCl2N2. The summed E-state index contributed by atoms with van der Waals surface area (Å²) in [7, 11) is 0. The molecule has 1 heterocycles. The number of aromatic nitrogens is 1. The minimum Gasteiger partial charge on any atom is -0.361 e. The maximum absolute atomic E-state index is 5.58. The molecule has 0 unspecified atom stereocenters. The van der Waals surface area contributed by atoms with Crippen molar-refractivity contribution in [3.8, 4) is 0 Å². The van der Waals surface area contributed by atoms with Crippen LogP contribution >= 0.6 is 40.7 Å². The lowest BCUT2D eigenvalue weighted by Gasteiger charge is -1.94. The van der Waals surface area contributed by atoms with E-state index >= 15 is 0 Å². The molecule has 78 valence electrons. The quantitative estimate of drug-likeness (QED) is 0.834. The fraction of sp³-hybridized carbons (Fsp3) is 0.111. The molecule has 0 fully saturated rings. The van der Waals surface area contributed by atoms with E-state index in [1.54, 1.807) is 0 Å². The molecule has 0 spiro atoms. The molecule has 3 N–H and O–H groups in total. The SMILES string of the molecule is Cl.Cl.NCc1c[nH]c2ccc(Br)cc12. The van der Waals surface area contributed by atoms with Gasteiger partial charge < -0.3 is 10.7 Å².